The molecule has 1 aromatic heterocycles. The van der Waals surface area contributed by atoms with Crippen LogP contribution in [0.25, 0.3) is 0 Å². The fourth-order valence-corrected chi connectivity index (χ4v) is 3.38. The van der Waals surface area contributed by atoms with Crippen LogP contribution in [-0.2, 0) is 15.7 Å². The number of aliphatic hydroxyl groups excluding tert-OH is 1. The van der Waals surface area contributed by atoms with Gasteiger partial charge in [0.1, 0.15) is 28.1 Å². The van der Waals surface area contributed by atoms with Crippen molar-refractivity contribution in [1.82, 2.24) is 9.71 Å². The number of ether oxygens (including phenoxy) is 3. The standard InChI is InChI=1S/C13H18N2O5S/c16-5-8-19-11-2-1-10-12(15-11)20-13(9-14-21(10)17)3-6-18-7-4-13/h1-2,14,16H,3-9H2. The van der Waals surface area contributed by atoms with E-state index in [0.717, 1.165) is 12.8 Å². The van der Waals surface area contributed by atoms with Crippen LogP contribution >= 0.6 is 0 Å². The van der Waals surface area contributed by atoms with Gasteiger partial charge in [0.2, 0.25) is 11.8 Å². The summed E-state index contributed by atoms with van der Waals surface area (Å²) in [6.45, 7) is 1.79. The van der Waals surface area contributed by atoms with Gasteiger partial charge in [-0.05, 0) is 6.07 Å². The Balaban J connectivity index is 1.89. The van der Waals surface area contributed by atoms with Gasteiger partial charge in [-0.15, -0.1) is 0 Å². The number of nitrogens with zero attached hydrogens (tertiary/aromatic N) is 1. The van der Waals surface area contributed by atoms with Crippen LogP contribution in [0, 0.1) is 0 Å². The normalized spacial score (nSPS) is 24.0. The lowest BCUT2D eigenvalue weighted by molar-refractivity contribution is -0.0444. The molecule has 1 atom stereocenters. The van der Waals surface area contributed by atoms with Crippen molar-refractivity contribution in [3.8, 4) is 11.8 Å². The van der Waals surface area contributed by atoms with E-state index in [2.05, 4.69) is 9.71 Å². The smallest absolute Gasteiger partial charge is 0.235 e. The molecule has 3 heterocycles. The molecular formula is C13H18N2O5S. The lowest BCUT2D eigenvalue weighted by atomic mass is 9.94. The van der Waals surface area contributed by atoms with Crippen LogP contribution in [0.4, 0.5) is 0 Å². The van der Waals surface area contributed by atoms with E-state index in [1.807, 2.05) is 0 Å². The molecule has 1 unspecified atom stereocenters. The van der Waals surface area contributed by atoms with Crippen molar-refractivity contribution in [3.63, 3.8) is 0 Å². The topological polar surface area (TPSA) is 89.9 Å². The van der Waals surface area contributed by atoms with E-state index >= 15 is 0 Å². The van der Waals surface area contributed by atoms with E-state index in [4.69, 9.17) is 19.3 Å². The van der Waals surface area contributed by atoms with Gasteiger partial charge in [0.25, 0.3) is 0 Å². The summed E-state index contributed by atoms with van der Waals surface area (Å²) in [5.41, 5.74) is -0.443. The quantitative estimate of drug-likeness (QED) is 0.817. The maximum absolute atomic E-state index is 12.2. The SMILES string of the molecule is O=S1NCC2(CCOCC2)Oc2nc(OCCO)ccc21. The summed E-state index contributed by atoms with van der Waals surface area (Å²) in [6, 6.07) is 3.30. The largest absolute Gasteiger partial charge is 0.475 e. The van der Waals surface area contributed by atoms with Crippen molar-refractivity contribution < 1.29 is 23.5 Å². The summed E-state index contributed by atoms with van der Waals surface area (Å²) >= 11 is 0. The summed E-state index contributed by atoms with van der Waals surface area (Å²) in [5.74, 6) is 0.680. The van der Waals surface area contributed by atoms with Gasteiger partial charge in [0.15, 0.2) is 0 Å². The minimum Gasteiger partial charge on any atom is -0.475 e. The Labute approximate surface area is 125 Å². The molecule has 0 bridgehead atoms. The Kier molecular flexibility index (Phi) is 4.39. The Bertz CT molecular complexity index is 533. The molecule has 0 aromatic carbocycles. The third kappa shape index (κ3) is 3.18. The lowest BCUT2D eigenvalue weighted by Gasteiger charge is -2.35. The van der Waals surface area contributed by atoms with Gasteiger partial charge in [0.05, 0.1) is 19.8 Å². The van der Waals surface area contributed by atoms with E-state index in [0.29, 0.717) is 36.4 Å². The highest BCUT2D eigenvalue weighted by atomic mass is 32.2. The molecule has 2 N–H and O–H groups in total. The number of hydrogen-bond acceptors (Lipinski definition) is 6. The Morgan fingerprint density at radius 2 is 2.24 bits per heavy atom. The van der Waals surface area contributed by atoms with Crippen molar-refractivity contribution in [2.24, 2.45) is 0 Å². The first-order valence-electron chi connectivity index (χ1n) is 6.89. The molecule has 21 heavy (non-hydrogen) atoms. The highest BCUT2D eigenvalue weighted by Crippen LogP contribution is 2.33. The monoisotopic (exact) mass is 314 g/mol. The van der Waals surface area contributed by atoms with Crippen LogP contribution in [0.2, 0.25) is 0 Å². The minimum absolute atomic E-state index is 0.0889. The molecule has 2 aliphatic rings. The first-order chi connectivity index (χ1) is 10.2. The molecule has 1 aromatic rings. The van der Waals surface area contributed by atoms with Crippen LogP contribution in [0.15, 0.2) is 17.0 Å². The Morgan fingerprint density at radius 1 is 1.43 bits per heavy atom. The predicted molar refractivity (Wildman–Crippen MR) is 74.6 cm³/mol. The molecule has 1 spiro atoms. The molecule has 3 rings (SSSR count). The van der Waals surface area contributed by atoms with E-state index in [1.165, 1.54) is 0 Å². The van der Waals surface area contributed by atoms with Crippen LogP contribution in [-0.4, -0.2) is 52.9 Å². The van der Waals surface area contributed by atoms with E-state index < -0.39 is 16.6 Å². The van der Waals surface area contributed by atoms with Crippen LogP contribution in [0.3, 0.4) is 0 Å². The Morgan fingerprint density at radius 3 is 3.00 bits per heavy atom. The van der Waals surface area contributed by atoms with Crippen LogP contribution < -0.4 is 14.2 Å². The molecular weight excluding hydrogens is 296 g/mol. The molecule has 0 saturated carbocycles. The molecule has 8 heteroatoms. The zero-order valence-corrected chi connectivity index (χ0v) is 12.4. The fourth-order valence-electron chi connectivity index (χ4n) is 2.39. The van der Waals surface area contributed by atoms with Crippen molar-refractivity contribution >= 4 is 11.0 Å². The molecule has 116 valence electrons. The van der Waals surface area contributed by atoms with Gasteiger partial charge in [-0.1, -0.05) is 0 Å². The van der Waals surface area contributed by atoms with Crippen molar-refractivity contribution in [3.05, 3.63) is 12.1 Å². The summed E-state index contributed by atoms with van der Waals surface area (Å²) in [5, 5.41) is 8.80. The van der Waals surface area contributed by atoms with E-state index in [-0.39, 0.29) is 13.2 Å². The minimum atomic E-state index is -1.36. The third-order valence-corrected chi connectivity index (χ3v) is 4.70. The third-order valence-electron chi connectivity index (χ3n) is 3.58. The van der Waals surface area contributed by atoms with Gasteiger partial charge >= 0.3 is 0 Å². The number of rotatable bonds is 3. The zero-order chi connectivity index (χ0) is 14.7. The maximum atomic E-state index is 12.2. The average molecular weight is 314 g/mol. The second kappa shape index (κ2) is 6.27. The second-order valence-electron chi connectivity index (χ2n) is 5.01. The summed E-state index contributed by atoms with van der Waals surface area (Å²) < 4.78 is 32.0. The van der Waals surface area contributed by atoms with Crippen molar-refractivity contribution in [2.45, 2.75) is 23.3 Å². The Hall–Kier alpha value is -1.22. The number of fused-ring (bicyclic) bond motifs is 1. The first kappa shape index (κ1) is 14.7. The van der Waals surface area contributed by atoms with Gasteiger partial charge in [-0.2, -0.15) is 4.98 Å². The molecule has 0 aliphatic carbocycles. The van der Waals surface area contributed by atoms with Crippen LogP contribution in [0.1, 0.15) is 12.8 Å². The maximum Gasteiger partial charge on any atom is 0.235 e. The second-order valence-corrected chi connectivity index (χ2v) is 6.28. The summed E-state index contributed by atoms with van der Waals surface area (Å²) in [6.07, 6.45) is 1.44. The predicted octanol–water partition coefficient (Wildman–Crippen LogP) is 0.00650. The van der Waals surface area contributed by atoms with Gasteiger partial charge in [-0.25, -0.2) is 8.93 Å². The van der Waals surface area contributed by atoms with Gasteiger partial charge < -0.3 is 19.3 Å². The van der Waals surface area contributed by atoms with Crippen molar-refractivity contribution in [1.29, 1.82) is 0 Å². The number of nitrogens with one attached hydrogen (secondary N) is 1. The highest BCUT2D eigenvalue weighted by Gasteiger charge is 2.39. The molecule has 1 saturated heterocycles. The van der Waals surface area contributed by atoms with Gasteiger partial charge in [0, 0.05) is 25.5 Å². The van der Waals surface area contributed by atoms with E-state index in [9.17, 15) is 4.21 Å². The molecule has 2 aliphatic heterocycles. The molecule has 7 nitrogen and oxygen atoms in total. The zero-order valence-electron chi connectivity index (χ0n) is 11.5. The number of hydrogen-bond donors (Lipinski definition) is 2. The van der Waals surface area contributed by atoms with Gasteiger partial charge in [-0.3, -0.25) is 0 Å². The highest BCUT2D eigenvalue weighted by molar-refractivity contribution is 7.83. The molecule has 0 radical (unpaired) electrons. The number of pyridine rings is 1. The molecule has 1 fully saturated rings. The van der Waals surface area contributed by atoms with Crippen molar-refractivity contribution in [2.75, 3.05) is 33.0 Å². The van der Waals surface area contributed by atoms with Crippen LogP contribution in [0.5, 0.6) is 11.8 Å². The summed E-state index contributed by atoms with van der Waals surface area (Å²) in [4.78, 5) is 4.79. The average Bonchev–Trinajstić information content (AvgIpc) is 2.63. The molecule has 0 amide bonds. The first-order valence-corrected chi connectivity index (χ1v) is 8.04. The summed E-state index contributed by atoms with van der Waals surface area (Å²) in [7, 11) is -1.36. The fraction of sp³-hybridized carbons (Fsp3) is 0.615. The van der Waals surface area contributed by atoms with E-state index in [1.54, 1.807) is 12.1 Å². The lowest BCUT2D eigenvalue weighted by Crippen LogP contribution is -2.48. The number of aromatic nitrogens is 1. The number of aliphatic hydroxyl groups is 1.